The lowest BCUT2D eigenvalue weighted by molar-refractivity contribution is -0.181. The third-order valence-corrected chi connectivity index (χ3v) is 19.6. The van der Waals surface area contributed by atoms with Crippen LogP contribution in [0.2, 0.25) is 0 Å². The summed E-state index contributed by atoms with van der Waals surface area (Å²) >= 11 is 0. The molecule has 5 N–H and O–H groups in total. The minimum absolute atomic E-state index is 0.00171. The molecule has 0 radical (unpaired) electrons. The minimum atomic E-state index is -0.906. The Balaban J connectivity index is 0.573. The molecule has 2 saturated heterocycles. The van der Waals surface area contributed by atoms with Gasteiger partial charge in [-0.25, -0.2) is 19.6 Å². The molecule has 3 aliphatic rings. The van der Waals surface area contributed by atoms with Crippen LogP contribution in [0.15, 0.2) is 103 Å². The van der Waals surface area contributed by atoms with E-state index in [1.807, 2.05) is 81.4 Å². The summed E-state index contributed by atoms with van der Waals surface area (Å²) < 4.78 is 42.9. The van der Waals surface area contributed by atoms with Crippen LogP contribution in [0, 0.1) is 18.8 Å². The SMILES string of the molecule is CCCCCCc1nc(C)nc2ccn(Cc3ccc(CN4CC5(C4)CN(C(=O)OCc4ccc(CC(=O)[C@H](CCCNC(N)=O)NC(=O)[C@@H](CC(=O)CCOCCOCCOCCOCCCC(=O)CCC(=O)N6Cc7ccccc7-c7n[nH]nc7-c7ccccc76)C(C)C)cc4)CCO5)cc3OC)c12. The van der Waals surface area contributed by atoms with E-state index in [-0.39, 0.29) is 101 Å². The molecule has 0 saturated carbocycles. The van der Waals surface area contributed by atoms with E-state index in [0.29, 0.717) is 116 Å². The molecule has 2 fully saturated rings. The number of carbonyl (C=O) groups is 7. The van der Waals surface area contributed by atoms with Gasteiger partial charge in [0, 0.05) is 107 Å². The third-order valence-electron chi connectivity index (χ3n) is 19.6. The minimum Gasteiger partial charge on any atom is -0.496 e. The van der Waals surface area contributed by atoms with E-state index >= 15 is 0 Å². The highest BCUT2D eigenvalue weighted by Crippen LogP contribution is 2.40. The number of primary amides is 1. The van der Waals surface area contributed by atoms with Crippen molar-refractivity contribution in [2.24, 2.45) is 17.6 Å². The molecule has 5 amide bonds. The predicted octanol–water partition coefficient (Wildman–Crippen LogP) is 10.0. The lowest BCUT2D eigenvalue weighted by Gasteiger charge is -2.53. The fourth-order valence-electron chi connectivity index (χ4n) is 14.0. The molecule has 7 aromatic rings. The summed E-state index contributed by atoms with van der Waals surface area (Å²) in [5.41, 5.74) is 16.3. The van der Waals surface area contributed by atoms with Gasteiger partial charge >= 0.3 is 12.1 Å². The van der Waals surface area contributed by atoms with Gasteiger partial charge in [-0.05, 0) is 85.4 Å². The van der Waals surface area contributed by atoms with E-state index in [1.54, 1.807) is 29.0 Å². The smallest absolute Gasteiger partial charge is 0.410 e. The van der Waals surface area contributed by atoms with Crippen LogP contribution in [0.1, 0.15) is 137 Å². The van der Waals surface area contributed by atoms with Crippen LogP contribution < -0.4 is 26.0 Å². The number of morpholine rings is 1. The van der Waals surface area contributed by atoms with Gasteiger partial charge in [0.25, 0.3) is 0 Å². The number of Topliss-reactive ketones (excluding diaryl/α,β-unsaturated/α-hetero) is 3. The van der Waals surface area contributed by atoms with Gasteiger partial charge in [-0.15, -0.1) is 0 Å². The number of nitrogens with two attached hydrogens (primary N) is 1. The number of rotatable bonds is 43. The molecule has 568 valence electrons. The van der Waals surface area contributed by atoms with Gasteiger partial charge < -0.3 is 63.9 Å². The number of aromatic amines is 1. The summed E-state index contributed by atoms with van der Waals surface area (Å²) in [4.78, 5) is 108. The number of hydrogen-bond acceptors (Lipinski definition) is 19. The highest BCUT2D eigenvalue weighted by Gasteiger charge is 2.48. The van der Waals surface area contributed by atoms with Crippen LogP contribution in [-0.2, 0) is 91.5 Å². The highest BCUT2D eigenvalue weighted by molar-refractivity contribution is 6.01. The number of likely N-dealkylation sites (tertiary alicyclic amines) is 1. The molecule has 6 heterocycles. The zero-order valence-electron chi connectivity index (χ0n) is 62.0. The summed E-state index contributed by atoms with van der Waals surface area (Å²) in [7, 11) is 1.71. The molecule has 2 atom stereocenters. The number of nitrogens with zero attached hydrogens (tertiary/aromatic N) is 8. The molecular weight excluding hydrogens is 1350 g/mol. The van der Waals surface area contributed by atoms with E-state index in [9.17, 15) is 33.6 Å². The van der Waals surface area contributed by atoms with Gasteiger partial charge in [0.2, 0.25) is 11.8 Å². The number of anilines is 1. The lowest BCUT2D eigenvalue weighted by Crippen LogP contribution is -2.70. The number of fused-ring (bicyclic) bond motifs is 6. The van der Waals surface area contributed by atoms with Crippen molar-refractivity contribution in [1.29, 1.82) is 0 Å². The van der Waals surface area contributed by atoms with Crippen molar-refractivity contribution in [1.82, 2.24) is 50.4 Å². The van der Waals surface area contributed by atoms with E-state index < -0.39 is 35.6 Å². The number of carbonyl (C=O) groups excluding carboxylic acids is 7. The van der Waals surface area contributed by atoms with E-state index in [4.69, 9.17) is 48.9 Å². The van der Waals surface area contributed by atoms with Crippen molar-refractivity contribution < 1.29 is 66.7 Å². The number of urea groups is 1. The Hall–Kier alpha value is -9.31. The van der Waals surface area contributed by atoms with Gasteiger partial charge in [0.05, 0.1) is 108 Å². The molecule has 106 heavy (non-hydrogen) atoms. The fraction of sp³-hybridized carbons (Fsp3) is 0.512. The fourth-order valence-corrected chi connectivity index (χ4v) is 14.0. The molecule has 0 unspecified atom stereocenters. The van der Waals surface area contributed by atoms with Crippen LogP contribution in [0.4, 0.5) is 15.3 Å². The molecule has 0 aliphatic carbocycles. The Bertz CT molecular complexity index is 4080. The second kappa shape index (κ2) is 39.9. The molecular formula is C80H104N12O14. The number of unbranched alkanes of at least 4 members (excludes halogenated alkanes) is 3. The number of para-hydroxylation sites is 1. The summed E-state index contributed by atoms with van der Waals surface area (Å²) in [5.74, 6) is -0.291. The number of aromatic nitrogens is 6. The molecule has 26 nitrogen and oxygen atoms in total. The number of benzene rings is 4. The quantitative estimate of drug-likeness (QED) is 0.0258. The number of methoxy groups -OCH3 is 1. The largest absolute Gasteiger partial charge is 0.496 e. The first-order valence-corrected chi connectivity index (χ1v) is 37.4. The summed E-state index contributed by atoms with van der Waals surface area (Å²) in [6.07, 6.45) is 8.93. The molecule has 1 spiro atoms. The van der Waals surface area contributed by atoms with Crippen molar-refractivity contribution in [3.63, 3.8) is 0 Å². The number of aryl methyl sites for hydroxylation is 2. The first-order valence-electron chi connectivity index (χ1n) is 37.4. The van der Waals surface area contributed by atoms with Crippen LogP contribution in [0.3, 0.4) is 0 Å². The average molecular weight is 1460 g/mol. The Kier molecular flexibility index (Phi) is 29.8. The molecule has 10 rings (SSSR count). The van der Waals surface area contributed by atoms with Crippen molar-refractivity contribution >= 4 is 58.0 Å². The second-order valence-corrected chi connectivity index (χ2v) is 28.1. The van der Waals surface area contributed by atoms with Crippen LogP contribution in [0.5, 0.6) is 5.75 Å². The summed E-state index contributed by atoms with van der Waals surface area (Å²) in [6.45, 7) is 14.7. The number of ether oxygens (including phenoxy) is 7. The third kappa shape index (κ3) is 22.6. The maximum Gasteiger partial charge on any atom is 0.410 e. The van der Waals surface area contributed by atoms with Crippen molar-refractivity contribution in [2.75, 3.05) is 104 Å². The normalized spacial score (nSPS) is 14.5. The number of hydrogen-bond donors (Lipinski definition) is 4. The molecule has 0 bridgehead atoms. The summed E-state index contributed by atoms with van der Waals surface area (Å²) in [5, 5.41) is 17.1. The molecule has 3 aliphatic heterocycles. The Morgan fingerprint density at radius 3 is 2.14 bits per heavy atom. The van der Waals surface area contributed by atoms with Crippen molar-refractivity contribution in [3.05, 3.63) is 143 Å². The van der Waals surface area contributed by atoms with Gasteiger partial charge in [0.15, 0.2) is 5.78 Å². The van der Waals surface area contributed by atoms with Gasteiger partial charge in [-0.1, -0.05) is 119 Å². The average Bonchev–Trinajstić information content (AvgIpc) is 1.06. The molecule has 3 aromatic heterocycles. The number of amides is 5. The van der Waals surface area contributed by atoms with Gasteiger partial charge in [-0.2, -0.15) is 15.4 Å². The topological polar surface area (TPSA) is 316 Å². The summed E-state index contributed by atoms with van der Waals surface area (Å²) in [6, 6.07) is 29.5. The van der Waals surface area contributed by atoms with Crippen molar-refractivity contribution in [3.8, 4) is 28.3 Å². The molecule has 4 aromatic carbocycles. The van der Waals surface area contributed by atoms with E-state index in [1.165, 1.54) is 19.3 Å². The van der Waals surface area contributed by atoms with Crippen LogP contribution in [0.25, 0.3) is 33.5 Å². The maximum absolute atomic E-state index is 14.0. The van der Waals surface area contributed by atoms with E-state index in [2.05, 4.69) is 72.9 Å². The highest BCUT2D eigenvalue weighted by atomic mass is 16.6. The first kappa shape index (κ1) is 79.3. The monoisotopic (exact) mass is 1460 g/mol. The van der Waals surface area contributed by atoms with Crippen LogP contribution in [-0.4, -0.2) is 192 Å². The van der Waals surface area contributed by atoms with Crippen LogP contribution >= 0.6 is 0 Å². The predicted molar refractivity (Wildman–Crippen MR) is 400 cm³/mol. The maximum atomic E-state index is 14.0. The lowest BCUT2D eigenvalue weighted by atomic mass is 9.88. The standard InChI is InChI=1S/C80H104N12O14/c1-6-7-8-9-20-68-76-69(84-56(4)83-68)31-34-90(76)49-61-28-27-59(46-72(61)100-5)48-89-52-80(53-89)54-91(35-38-106-80)79(99)105-51-58-25-23-57(24-26-58)45-71(95)67(21-14-33-82-78(81)98)85-77(97)66(55(2)3)47-63(94)32-37-102-40-42-104-44-43-103-41-39-101-36-15-17-62(93)29-30-73(96)92-50-60-16-10-11-18-64(60)74-75(87-88-86-74)65-19-12-13-22-70(65)92/h10-13,16,18-19,22-28,31,34,46,55,66-67H,6-9,14-15,17,20-21,29-30,32-33,35-45,47-54H2,1-5H3,(H,85,97)(H3,81,82,98)(H,86,87,88)/t66-,67-/m0/s1. The van der Waals surface area contributed by atoms with Gasteiger partial charge in [0.1, 0.15) is 46.7 Å². The second-order valence-electron chi connectivity index (χ2n) is 28.1. The number of nitrogens with one attached hydrogen (secondary N) is 3. The first-order chi connectivity index (χ1) is 51.5. The zero-order valence-corrected chi connectivity index (χ0v) is 62.0. The number of ketones is 3. The number of H-pyrrole nitrogens is 1. The van der Waals surface area contributed by atoms with Gasteiger partial charge in [-0.3, -0.25) is 28.9 Å². The van der Waals surface area contributed by atoms with E-state index in [0.717, 1.165) is 85.9 Å². The Morgan fingerprint density at radius 2 is 1.41 bits per heavy atom. The van der Waals surface area contributed by atoms with Crippen molar-refractivity contribution in [2.45, 2.75) is 155 Å². The Labute approximate surface area is 620 Å². The Morgan fingerprint density at radius 1 is 0.708 bits per heavy atom. The zero-order chi connectivity index (χ0) is 74.8. The molecule has 26 heteroatoms.